The number of anilines is 2. The Morgan fingerprint density at radius 2 is 2.04 bits per heavy atom. The van der Waals surface area contributed by atoms with E-state index >= 15 is 0 Å². The summed E-state index contributed by atoms with van der Waals surface area (Å²) in [5.74, 6) is 1.05. The molecule has 0 bridgehead atoms. The number of ketones is 1. The molecule has 0 unspecified atom stereocenters. The van der Waals surface area contributed by atoms with Gasteiger partial charge in [0.05, 0.1) is 0 Å². The lowest BCUT2D eigenvalue weighted by atomic mass is 9.80. The molecule has 8 heteroatoms. The lowest BCUT2D eigenvalue weighted by molar-refractivity contribution is -0.116. The summed E-state index contributed by atoms with van der Waals surface area (Å²) in [6.45, 7) is 0. The second-order valence-corrected chi connectivity index (χ2v) is 8.17. The van der Waals surface area contributed by atoms with Crippen LogP contribution in [0.3, 0.4) is 0 Å². The Balaban J connectivity index is 1.63. The molecule has 3 heterocycles. The van der Waals surface area contributed by atoms with Crippen LogP contribution in [-0.4, -0.2) is 20.5 Å². The molecule has 0 spiro atoms. The van der Waals surface area contributed by atoms with E-state index in [1.54, 1.807) is 16.0 Å². The van der Waals surface area contributed by atoms with Crippen LogP contribution >= 0.6 is 22.9 Å². The van der Waals surface area contributed by atoms with E-state index < -0.39 is 0 Å². The van der Waals surface area contributed by atoms with Crippen LogP contribution in [-0.2, 0) is 4.79 Å². The van der Waals surface area contributed by atoms with Crippen molar-refractivity contribution >= 4 is 40.6 Å². The van der Waals surface area contributed by atoms with Crippen molar-refractivity contribution in [3.05, 3.63) is 68.5 Å². The van der Waals surface area contributed by atoms with Crippen LogP contribution < -0.4 is 11.1 Å². The number of nitrogens with zero attached hydrogens (tertiary/aromatic N) is 3. The van der Waals surface area contributed by atoms with Gasteiger partial charge in [-0.2, -0.15) is 4.98 Å². The first kappa shape index (κ1) is 16.5. The fourth-order valence-corrected chi connectivity index (χ4v) is 4.86. The van der Waals surface area contributed by atoms with Gasteiger partial charge < -0.3 is 11.1 Å². The summed E-state index contributed by atoms with van der Waals surface area (Å²) in [7, 11) is 0. The quantitative estimate of drug-likeness (QED) is 0.682. The molecule has 1 aliphatic carbocycles. The third-order valence-corrected chi connectivity index (χ3v) is 6.35. The Kier molecular flexibility index (Phi) is 3.80. The lowest BCUT2D eigenvalue weighted by Crippen LogP contribution is -2.33. The summed E-state index contributed by atoms with van der Waals surface area (Å²) in [6, 6.07) is 11.2. The Morgan fingerprint density at radius 1 is 1.22 bits per heavy atom. The molecule has 136 valence electrons. The number of benzene rings is 1. The third kappa shape index (κ3) is 2.74. The maximum atomic E-state index is 13.2. The van der Waals surface area contributed by atoms with Crippen molar-refractivity contribution in [2.45, 2.75) is 24.8 Å². The highest BCUT2D eigenvalue weighted by Crippen LogP contribution is 2.44. The molecule has 5 rings (SSSR count). The number of nitrogens with one attached hydrogen (secondary N) is 1. The zero-order valence-electron chi connectivity index (χ0n) is 14.2. The van der Waals surface area contributed by atoms with Crippen molar-refractivity contribution in [1.29, 1.82) is 0 Å². The van der Waals surface area contributed by atoms with Crippen LogP contribution in [0.4, 0.5) is 11.9 Å². The lowest BCUT2D eigenvalue weighted by Gasteiger charge is -2.34. The topological polar surface area (TPSA) is 85.8 Å². The van der Waals surface area contributed by atoms with Crippen LogP contribution in [0.15, 0.2) is 53.0 Å². The van der Waals surface area contributed by atoms with Gasteiger partial charge in [-0.15, -0.1) is 16.4 Å². The maximum absolute atomic E-state index is 13.2. The normalized spacial score (nSPS) is 21.6. The van der Waals surface area contributed by atoms with Crippen molar-refractivity contribution in [2.24, 2.45) is 0 Å². The molecule has 1 aliphatic heterocycles. The highest BCUT2D eigenvalue weighted by molar-refractivity contribution is 7.10. The standard InChI is InChI=1S/C19H16ClN5OS/c20-12-5-3-10(4-6-12)17-16-13(22-19-23-18(21)24-25(17)19)8-11(9-14(16)26)15-2-1-7-27-15/h1-7,11,17H,8-9H2,(H3,21,22,23,24)/t11-,17-/m0/s1. The van der Waals surface area contributed by atoms with Crippen molar-refractivity contribution in [3.8, 4) is 0 Å². The molecule has 0 amide bonds. The summed E-state index contributed by atoms with van der Waals surface area (Å²) < 4.78 is 1.70. The van der Waals surface area contributed by atoms with Gasteiger partial charge in [-0.05, 0) is 35.6 Å². The number of carbonyl (C=O) groups is 1. The van der Waals surface area contributed by atoms with E-state index in [2.05, 4.69) is 21.5 Å². The smallest absolute Gasteiger partial charge is 0.241 e. The first-order valence-electron chi connectivity index (χ1n) is 8.64. The number of hydrogen-bond acceptors (Lipinski definition) is 6. The molecule has 0 saturated heterocycles. The van der Waals surface area contributed by atoms with Gasteiger partial charge in [0.15, 0.2) is 5.78 Å². The molecular weight excluding hydrogens is 382 g/mol. The number of carbonyl (C=O) groups excluding carboxylic acids is 1. The van der Waals surface area contributed by atoms with Crippen molar-refractivity contribution in [2.75, 3.05) is 11.1 Å². The summed E-state index contributed by atoms with van der Waals surface area (Å²) in [4.78, 5) is 18.7. The van der Waals surface area contributed by atoms with E-state index in [0.717, 1.165) is 23.3 Å². The zero-order chi connectivity index (χ0) is 18.5. The first-order chi connectivity index (χ1) is 13.1. The summed E-state index contributed by atoms with van der Waals surface area (Å²) in [5, 5.41) is 10.3. The Labute approximate surface area is 164 Å². The summed E-state index contributed by atoms with van der Waals surface area (Å²) in [5.41, 5.74) is 8.42. The number of rotatable bonds is 2. The van der Waals surface area contributed by atoms with Crippen LogP contribution in [0.5, 0.6) is 0 Å². The fourth-order valence-electron chi connectivity index (χ4n) is 3.91. The van der Waals surface area contributed by atoms with E-state index in [9.17, 15) is 4.79 Å². The number of thiophene rings is 1. The van der Waals surface area contributed by atoms with E-state index in [4.69, 9.17) is 17.3 Å². The average Bonchev–Trinajstić information content (AvgIpc) is 3.29. The molecule has 0 saturated carbocycles. The predicted molar refractivity (Wildman–Crippen MR) is 106 cm³/mol. The molecule has 27 heavy (non-hydrogen) atoms. The van der Waals surface area contributed by atoms with Gasteiger partial charge in [-0.25, -0.2) is 4.68 Å². The average molecular weight is 398 g/mol. The van der Waals surface area contributed by atoms with E-state index in [1.807, 2.05) is 35.7 Å². The van der Waals surface area contributed by atoms with Gasteiger partial charge in [-0.3, -0.25) is 4.79 Å². The minimum absolute atomic E-state index is 0.127. The van der Waals surface area contributed by atoms with Gasteiger partial charge in [0.2, 0.25) is 11.9 Å². The number of allylic oxidation sites excluding steroid dienone is 2. The molecule has 0 radical (unpaired) electrons. The first-order valence-corrected chi connectivity index (χ1v) is 9.90. The third-order valence-electron chi connectivity index (χ3n) is 5.07. The van der Waals surface area contributed by atoms with Crippen molar-refractivity contribution in [3.63, 3.8) is 0 Å². The van der Waals surface area contributed by atoms with E-state index in [0.29, 0.717) is 17.4 Å². The Bertz CT molecular complexity index is 1050. The maximum Gasteiger partial charge on any atom is 0.241 e. The highest BCUT2D eigenvalue weighted by atomic mass is 35.5. The largest absolute Gasteiger partial charge is 0.366 e. The number of Topliss-reactive ketones (excluding diaryl/α,β-unsaturated/α-hetero) is 1. The van der Waals surface area contributed by atoms with Crippen molar-refractivity contribution in [1.82, 2.24) is 14.8 Å². The number of halogens is 1. The van der Waals surface area contributed by atoms with Crippen LogP contribution in [0.25, 0.3) is 0 Å². The van der Waals surface area contributed by atoms with Gasteiger partial charge >= 0.3 is 0 Å². The van der Waals surface area contributed by atoms with Crippen LogP contribution in [0.2, 0.25) is 5.02 Å². The minimum Gasteiger partial charge on any atom is -0.366 e. The molecule has 2 aromatic heterocycles. The van der Waals surface area contributed by atoms with Crippen LogP contribution in [0, 0.1) is 0 Å². The van der Waals surface area contributed by atoms with Gasteiger partial charge in [0.1, 0.15) is 6.04 Å². The van der Waals surface area contributed by atoms with Gasteiger partial charge in [0.25, 0.3) is 0 Å². The van der Waals surface area contributed by atoms with Crippen molar-refractivity contribution < 1.29 is 4.79 Å². The number of aromatic nitrogens is 3. The molecule has 3 aromatic rings. The molecule has 2 aliphatic rings. The number of nitrogens with two attached hydrogens (primary N) is 1. The Hall–Kier alpha value is -2.64. The SMILES string of the molecule is Nc1nc2n(n1)[C@@H](c1ccc(Cl)cc1)C1=C(C[C@H](c3cccs3)CC1=O)N2. The number of nitrogen functional groups attached to an aromatic ring is 1. The second-order valence-electron chi connectivity index (χ2n) is 6.75. The fraction of sp³-hybridized carbons (Fsp3) is 0.211. The summed E-state index contributed by atoms with van der Waals surface area (Å²) in [6.07, 6.45) is 1.25. The molecule has 1 aromatic carbocycles. The minimum atomic E-state index is -0.352. The van der Waals surface area contributed by atoms with Crippen LogP contribution in [0.1, 0.15) is 35.2 Å². The Morgan fingerprint density at radius 3 is 2.78 bits per heavy atom. The monoisotopic (exact) mass is 397 g/mol. The molecule has 2 atom stereocenters. The van der Waals surface area contributed by atoms with E-state index in [1.165, 1.54) is 4.88 Å². The second kappa shape index (κ2) is 6.21. The molecule has 6 nitrogen and oxygen atoms in total. The van der Waals surface area contributed by atoms with Gasteiger partial charge in [-0.1, -0.05) is 29.8 Å². The predicted octanol–water partition coefficient (Wildman–Crippen LogP) is 3.99. The number of fused-ring (bicyclic) bond motifs is 1. The molecule has 3 N–H and O–H groups in total. The molecule has 0 fully saturated rings. The number of hydrogen-bond donors (Lipinski definition) is 2. The highest BCUT2D eigenvalue weighted by Gasteiger charge is 2.39. The zero-order valence-corrected chi connectivity index (χ0v) is 15.8. The van der Waals surface area contributed by atoms with Gasteiger partial charge in [0, 0.05) is 33.5 Å². The summed E-state index contributed by atoms with van der Waals surface area (Å²) >= 11 is 7.74. The molecular formula is C19H16ClN5OS. The van der Waals surface area contributed by atoms with E-state index in [-0.39, 0.29) is 23.7 Å².